The number of fused-ring (bicyclic) bond motifs is 3. The standard InChI is InChI=1S/C27H37NO4/c1-16-7-6-9-27(3)14-25-20(12-22(16)27)21(26(29)32-25)15-28-10-8-18-11-23(30-4)24(31-5)13-19(18)17(28)2/h11,13,17,20-22,25H,1,6-10,12,14-15H2,2-5H3. The summed E-state index contributed by atoms with van der Waals surface area (Å²) >= 11 is 0. The maximum Gasteiger partial charge on any atom is 0.310 e. The predicted molar refractivity (Wildman–Crippen MR) is 124 cm³/mol. The number of benzene rings is 1. The summed E-state index contributed by atoms with van der Waals surface area (Å²) < 4.78 is 17.1. The number of hydrogen-bond acceptors (Lipinski definition) is 5. The molecule has 0 N–H and O–H groups in total. The van der Waals surface area contributed by atoms with Crippen molar-refractivity contribution in [3.63, 3.8) is 0 Å². The zero-order valence-electron chi connectivity index (χ0n) is 20.0. The molecule has 0 aromatic heterocycles. The minimum Gasteiger partial charge on any atom is -0.493 e. The fourth-order valence-electron chi connectivity index (χ4n) is 7.16. The number of ether oxygens (including phenoxy) is 3. The molecule has 32 heavy (non-hydrogen) atoms. The van der Waals surface area contributed by atoms with Crippen molar-refractivity contribution in [2.24, 2.45) is 23.2 Å². The maximum absolute atomic E-state index is 13.0. The van der Waals surface area contributed by atoms with Gasteiger partial charge in [-0.2, -0.15) is 0 Å². The maximum atomic E-state index is 13.0. The van der Waals surface area contributed by atoms with Crippen LogP contribution < -0.4 is 9.47 Å². The quantitative estimate of drug-likeness (QED) is 0.491. The Morgan fingerprint density at radius 2 is 1.97 bits per heavy atom. The van der Waals surface area contributed by atoms with Crippen LogP contribution in [0.4, 0.5) is 0 Å². The first-order valence-corrected chi connectivity index (χ1v) is 12.2. The van der Waals surface area contributed by atoms with Crippen LogP contribution >= 0.6 is 0 Å². The van der Waals surface area contributed by atoms with Crippen LogP contribution in [0.5, 0.6) is 11.5 Å². The number of carbonyl (C=O) groups excluding carboxylic acids is 1. The molecule has 5 nitrogen and oxygen atoms in total. The Morgan fingerprint density at radius 3 is 2.72 bits per heavy atom. The van der Waals surface area contributed by atoms with Crippen molar-refractivity contribution < 1.29 is 19.0 Å². The van der Waals surface area contributed by atoms with E-state index in [0.717, 1.165) is 50.3 Å². The molecule has 2 aliphatic heterocycles. The lowest BCUT2D eigenvalue weighted by Crippen LogP contribution is -2.46. The van der Waals surface area contributed by atoms with Gasteiger partial charge in [0.1, 0.15) is 6.10 Å². The van der Waals surface area contributed by atoms with Gasteiger partial charge in [0.15, 0.2) is 11.5 Å². The molecule has 2 aliphatic carbocycles. The Kier molecular flexibility index (Phi) is 5.51. The second kappa shape index (κ2) is 8.09. The number of nitrogens with zero attached hydrogens (tertiary/aromatic N) is 1. The van der Waals surface area contributed by atoms with Crippen LogP contribution in [0.15, 0.2) is 24.3 Å². The molecular weight excluding hydrogens is 402 g/mol. The van der Waals surface area contributed by atoms with E-state index < -0.39 is 0 Å². The van der Waals surface area contributed by atoms with Crippen molar-refractivity contribution in [2.45, 2.75) is 64.5 Å². The number of esters is 1. The normalized spacial score (nSPS) is 36.7. The van der Waals surface area contributed by atoms with Gasteiger partial charge in [-0.05, 0) is 80.0 Å². The summed E-state index contributed by atoms with van der Waals surface area (Å²) in [5.74, 6) is 2.37. The molecule has 3 fully saturated rings. The molecule has 1 aromatic carbocycles. The molecule has 5 heteroatoms. The third-order valence-corrected chi connectivity index (χ3v) is 9.06. The van der Waals surface area contributed by atoms with Crippen LogP contribution in [0.1, 0.15) is 63.1 Å². The molecule has 2 saturated carbocycles. The molecule has 6 atom stereocenters. The van der Waals surface area contributed by atoms with Gasteiger partial charge in [-0.3, -0.25) is 9.69 Å². The van der Waals surface area contributed by atoms with E-state index in [0.29, 0.717) is 11.8 Å². The van der Waals surface area contributed by atoms with E-state index in [4.69, 9.17) is 14.2 Å². The number of hydrogen-bond donors (Lipinski definition) is 0. The summed E-state index contributed by atoms with van der Waals surface area (Å²) in [6.45, 7) is 10.8. The molecule has 6 unspecified atom stereocenters. The van der Waals surface area contributed by atoms with Crippen LogP contribution in [0, 0.1) is 23.2 Å². The SMILES string of the molecule is C=C1CCCC2(C)CC3OC(=O)C(CN4CCc5cc(OC)c(OC)cc5C4C)C3CC12. The second-order valence-electron chi connectivity index (χ2n) is 10.7. The third kappa shape index (κ3) is 3.44. The largest absolute Gasteiger partial charge is 0.493 e. The smallest absolute Gasteiger partial charge is 0.310 e. The van der Waals surface area contributed by atoms with Gasteiger partial charge in [-0.15, -0.1) is 0 Å². The van der Waals surface area contributed by atoms with Gasteiger partial charge < -0.3 is 14.2 Å². The van der Waals surface area contributed by atoms with Crippen LogP contribution in [0.2, 0.25) is 0 Å². The molecule has 5 rings (SSSR count). The Morgan fingerprint density at radius 1 is 1.22 bits per heavy atom. The summed E-state index contributed by atoms with van der Waals surface area (Å²) in [7, 11) is 3.36. The van der Waals surface area contributed by atoms with Gasteiger partial charge >= 0.3 is 5.97 Å². The van der Waals surface area contributed by atoms with E-state index in [1.807, 2.05) is 0 Å². The zero-order chi connectivity index (χ0) is 22.6. The van der Waals surface area contributed by atoms with Crippen molar-refractivity contribution in [3.05, 3.63) is 35.4 Å². The van der Waals surface area contributed by atoms with E-state index in [-0.39, 0.29) is 29.4 Å². The predicted octanol–water partition coefficient (Wildman–Crippen LogP) is 4.94. The molecule has 2 heterocycles. The Balaban J connectivity index is 1.35. The van der Waals surface area contributed by atoms with E-state index in [1.54, 1.807) is 14.2 Å². The average Bonchev–Trinajstić information content (AvgIpc) is 3.06. The lowest BCUT2D eigenvalue weighted by Gasteiger charge is -2.50. The first-order chi connectivity index (χ1) is 15.3. The van der Waals surface area contributed by atoms with Crippen molar-refractivity contribution >= 4 is 5.97 Å². The molecule has 4 aliphatic rings. The van der Waals surface area contributed by atoms with Gasteiger partial charge in [-0.1, -0.05) is 19.1 Å². The van der Waals surface area contributed by atoms with Crippen molar-refractivity contribution in [2.75, 3.05) is 27.3 Å². The Bertz CT molecular complexity index is 926. The Hall–Kier alpha value is -2.01. The Labute approximate surface area is 192 Å². The number of rotatable bonds is 4. The average molecular weight is 440 g/mol. The number of allylic oxidation sites excluding steroid dienone is 1. The highest BCUT2D eigenvalue weighted by Gasteiger charge is 2.55. The van der Waals surface area contributed by atoms with E-state index >= 15 is 0 Å². The summed E-state index contributed by atoms with van der Waals surface area (Å²) in [6, 6.07) is 4.45. The van der Waals surface area contributed by atoms with E-state index in [9.17, 15) is 4.79 Å². The van der Waals surface area contributed by atoms with Gasteiger partial charge in [0.2, 0.25) is 0 Å². The molecule has 1 aromatic rings. The minimum atomic E-state index is -0.0385. The highest BCUT2D eigenvalue weighted by Crippen LogP contribution is 2.57. The molecule has 1 saturated heterocycles. The van der Waals surface area contributed by atoms with Gasteiger partial charge in [-0.25, -0.2) is 0 Å². The lowest BCUT2D eigenvalue weighted by molar-refractivity contribution is -0.146. The van der Waals surface area contributed by atoms with E-state index in [2.05, 4.69) is 37.5 Å². The van der Waals surface area contributed by atoms with Gasteiger partial charge in [0, 0.05) is 25.0 Å². The van der Waals surface area contributed by atoms with Crippen LogP contribution in [0.3, 0.4) is 0 Å². The second-order valence-corrected chi connectivity index (χ2v) is 10.7. The fraction of sp³-hybridized carbons (Fsp3) is 0.667. The summed E-state index contributed by atoms with van der Waals surface area (Å²) in [5.41, 5.74) is 4.23. The summed E-state index contributed by atoms with van der Waals surface area (Å²) in [4.78, 5) is 15.5. The molecule has 174 valence electrons. The molecule has 0 amide bonds. The van der Waals surface area contributed by atoms with Crippen molar-refractivity contribution in [3.8, 4) is 11.5 Å². The molecule has 0 spiro atoms. The third-order valence-electron chi connectivity index (χ3n) is 9.06. The minimum absolute atomic E-state index is 0.0122. The number of carbonyl (C=O) groups is 1. The highest BCUT2D eigenvalue weighted by molar-refractivity contribution is 5.75. The zero-order valence-corrected chi connectivity index (χ0v) is 20.0. The fourth-order valence-corrected chi connectivity index (χ4v) is 7.16. The lowest BCUT2D eigenvalue weighted by atomic mass is 9.55. The highest BCUT2D eigenvalue weighted by atomic mass is 16.6. The van der Waals surface area contributed by atoms with Crippen molar-refractivity contribution in [1.82, 2.24) is 4.90 Å². The van der Waals surface area contributed by atoms with Crippen molar-refractivity contribution in [1.29, 1.82) is 0 Å². The van der Waals surface area contributed by atoms with Crippen LogP contribution in [-0.4, -0.2) is 44.3 Å². The van der Waals surface area contributed by atoms with Gasteiger partial charge in [0.05, 0.1) is 20.1 Å². The first-order valence-electron chi connectivity index (χ1n) is 12.2. The van der Waals surface area contributed by atoms with Gasteiger partial charge in [0.25, 0.3) is 0 Å². The first kappa shape index (κ1) is 21.8. The van der Waals surface area contributed by atoms with Crippen LogP contribution in [-0.2, 0) is 16.0 Å². The molecule has 0 bridgehead atoms. The van der Waals surface area contributed by atoms with E-state index in [1.165, 1.54) is 29.5 Å². The summed E-state index contributed by atoms with van der Waals surface area (Å²) in [6.07, 6.45) is 6.68. The monoisotopic (exact) mass is 439 g/mol. The van der Waals surface area contributed by atoms with Crippen LogP contribution in [0.25, 0.3) is 0 Å². The molecular formula is C27H37NO4. The summed E-state index contributed by atoms with van der Waals surface area (Å²) in [5, 5.41) is 0. The topological polar surface area (TPSA) is 48.0 Å². The number of methoxy groups -OCH3 is 2. The molecule has 0 radical (unpaired) electrons.